The van der Waals surface area contributed by atoms with E-state index in [0.29, 0.717) is 5.75 Å². The second-order valence-electron chi connectivity index (χ2n) is 6.50. The van der Waals surface area contributed by atoms with Gasteiger partial charge in [-0.2, -0.15) is 5.26 Å². The Labute approximate surface area is 162 Å². The number of amides is 1. The van der Waals surface area contributed by atoms with Gasteiger partial charge in [0.05, 0.1) is 0 Å². The summed E-state index contributed by atoms with van der Waals surface area (Å²) in [6.45, 7) is 7.88. The number of nitrogens with zero attached hydrogens (tertiary/aromatic N) is 1. The average Bonchev–Trinajstić information content (AvgIpc) is 2.57. The highest BCUT2D eigenvalue weighted by Crippen LogP contribution is 2.35. The lowest BCUT2D eigenvalue weighted by Crippen LogP contribution is -2.43. The van der Waals surface area contributed by atoms with Crippen LogP contribution in [-0.2, 0) is 20.9 Å². The topological polar surface area (TPSA) is 88.4 Å². The molecule has 1 rings (SSSR count). The molecule has 1 atom stereocenters. The number of nitrogens with one attached hydrogen (secondary N) is 1. The van der Waals surface area contributed by atoms with E-state index < -0.39 is 18.1 Å². The quantitative estimate of drug-likeness (QED) is 0.527. The molecule has 0 aliphatic carbocycles. The van der Waals surface area contributed by atoms with E-state index in [1.165, 1.54) is 10.8 Å². The van der Waals surface area contributed by atoms with Crippen molar-refractivity contribution in [3.05, 3.63) is 35.4 Å². The predicted octanol–water partition coefficient (Wildman–Crippen LogP) is 3.84. The number of benzene rings is 1. The van der Waals surface area contributed by atoms with Crippen LogP contribution in [0.5, 0.6) is 0 Å². The molecule has 0 aromatic heterocycles. The van der Waals surface area contributed by atoms with Crippen LogP contribution in [0, 0.1) is 18.3 Å². The molecule has 6 nitrogen and oxygen atoms in total. The molecule has 0 spiro atoms. The van der Waals surface area contributed by atoms with Crippen LogP contribution >= 0.6 is 21.6 Å². The summed E-state index contributed by atoms with van der Waals surface area (Å²) in [5, 5.41) is 11.1. The fourth-order valence-corrected chi connectivity index (χ4v) is 4.12. The molecule has 0 saturated heterocycles. The minimum atomic E-state index is -0.881. The molecule has 0 unspecified atom stereocenters. The van der Waals surface area contributed by atoms with Crippen molar-refractivity contribution in [2.75, 3.05) is 12.4 Å². The molecule has 8 heteroatoms. The van der Waals surface area contributed by atoms with E-state index in [4.69, 9.17) is 14.7 Å². The van der Waals surface area contributed by atoms with Gasteiger partial charge < -0.3 is 14.8 Å². The Hall–Kier alpha value is -1.85. The molecule has 1 N–H and O–H groups in total. The smallest absolute Gasteiger partial charge is 0.408 e. The molecule has 0 bridgehead atoms. The number of alkyl carbamates (subject to hydrolysis) is 1. The van der Waals surface area contributed by atoms with Gasteiger partial charge >= 0.3 is 12.1 Å². The molecule has 0 radical (unpaired) electrons. The summed E-state index contributed by atoms with van der Waals surface area (Å²) in [6, 6.07) is 8.46. The molecule has 0 fully saturated rings. The van der Waals surface area contributed by atoms with Crippen molar-refractivity contribution in [3.8, 4) is 6.07 Å². The molecule has 0 saturated carbocycles. The first-order valence-electron chi connectivity index (χ1n) is 8.04. The van der Waals surface area contributed by atoms with E-state index >= 15 is 0 Å². The van der Waals surface area contributed by atoms with Crippen molar-refractivity contribution in [3.63, 3.8) is 0 Å². The molecule has 26 heavy (non-hydrogen) atoms. The van der Waals surface area contributed by atoms with Crippen molar-refractivity contribution in [2.45, 2.75) is 45.1 Å². The highest BCUT2D eigenvalue weighted by atomic mass is 33.1. The van der Waals surface area contributed by atoms with Gasteiger partial charge in [-0.25, -0.2) is 9.59 Å². The van der Waals surface area contributed by atoms with Gasteiger partial charge in [-0.05, 0) is 12.5 Å². The zero-order valence-corrected chi connectivity index (χ0v) is 17.0. The zero-order valence-electron chi connectivity index (χ0n) is 15.4. The molecule has 1 amide bonds. The summed E-state index contributed by atoms with van der Waals surface area (Å²) in [5.41, 5.74) is 1.97. The van der Waals surface area contributed by atoms with Crippen LogP contribution in [-0.4, -0.2) is 35.2 Å². The maximum absolute atomic E-state index is 12.0. The molecule has 1 aromatic rings. The van der Waals surface area contributed by atoms with Gasteiger partial charge in [0.2, 0.25) is 0 Å². The number of esters is 1. The van der Waals surface area contributed by atoms with Crippen molar-refractivity contribution < 1.29 is 19.1 Å². The van der Waals surface area contributed by atoms with Crippen molar-refractivity contribution in [2.24, 2.45) is 0 Å². The highest BCUT2D eigenvalue weighted by molar-refractivity contribution is 8.77. The number of nitriles is 1. The Morgan fingerprint density at radius 2 is 1.88 bits per heavy atom. The number of carbonyl (C=O) groups excluding carboxylic acids is 2. The van der Waals surface area contributed by atoms with Gasteiger partial charge in [0.25, 0.3) is 0 Å². The maximum atomic E-state index is 12.0. The normalized spacial score (nSPS) is 12.0. The van der Waals surface area contributed by atoms with E-state index in [1.807, 2.05) is 31.2 Å². The van der Waals surface area contributed by atoms with Crippen LogP contribution < -0.4 is 5.32 Å². The van der Waals surface area contributed by atoms with Crippen LogP contribution in [0.4, 0.5) is 4.79 Å². The van der Waals surface area contributed by atoms with Gasteiger partial charge in [0, 0.05) is 10.5 Å². The van der Waals surface area contributed by atoms with Gasteiger partial charge in [-0.1, -0.05) is 72.2 Å². The minimum absolute atomic E-state index is 0.0116. The van der Waals surface area contributed by atoms with Crippen LogP contribution in [0.15, 0.2) is 24.3 Å². The van der Waals surface area contributed by atoms with Gasteiger partial charge in [-0.15, -0.1) is 0 Å². The van der Waals surface area contributed by atoms with Crippen molar-refractivity contribution in [1.29, 1.82) is 5.26 Å². The lowest BCUT2D eigenvalue weighted by atomic mass is 10.2. The molecule has 0 aliphatic heterocycles. The first-order valence-corrected chi connectivity index (χ1v) is 10.4. The first-order chi connectivity index (χ1) is 12.2. The van der Waals surface area contributed by atoms with Crippen molar-refractivity contribution in [1.82, 2.24) is 5.32 Å². The third-order valence-electron chi connectivity index (χ3n) is 2.89. The van der Waals surface area contributed by atoms with Crippen LogP contribution in [0.1, 0.15) is 31.9 Å². The monoisotopic (exact) mass is 396 g/mol. The molecule has 142 valence electrons. The molecular formula is C18H24N2O4S2. The molecule has 0 aliphatic rings. The number of aryl methyl sites for hydroxylation is 1. The van der Waals surface area contributed by atoms with E-state index in [0.717, 1.165) is 11.1 Å². The van der Waals surface area contributed by atoms with Crippen molar-refractivity contribution >= 4 is 33.7 Å². The van der Waals surface area contributed by atoms with Crippen LogP contribution in [0.2, 0.25) is 0 Å². The third kappa shape index (κ3) is 9.59. The maximum Gasteiger partial charge on any atom is 0.408 e. The number of hydrogen-bond donors (Lipinski definition) is 1. The summed E-state index contributed by atoms with van der Waals surface area (Å²) in [6.07, 6.45) is -0.703. The van der Waals surface area contributed by atoms with Crippen LogP contribution in [0.25, 0.3) is 0 Å². The SMILES string of the molecule is Cc1ccc(COC(=O)N[C@H](CSSC(C)(C)C)C(=O)OCC#N)cc1. The largest absolute Gasteiger partial charge is 0.449 e. The Kier molecular flexibility index (Phi) is 9.38. The molecule has 0 heterocycles. The fourth-order valence-electron chi connectivity index (χ4n) is 1.67. The van der Waals surface area contributed by atoms with E-state index in [9.17, 15) is 9.59 Å². The fraction of sp³-hybridized carbons (Fsp3) is 0.500. The predicted molar refractivity (Wildman–Crippen MR) is 105 cm³/mol. The summed E-state index contributed by atoms with van der Waals surface area (Å²) in [5.74, 6) is -0.341. The number of ether oxygens (including phenoxy) is 2. The van der Waals surface area contributed by atoms with E-state index in [2.05, 4.69) is 26.1 Å². The number of rotatable bonds is 8. The Morgan fingerprint density at radius 3 is 2.46 bits per heavy atom. The van der Waals surface area contributed by atoms with Gasteiger partial charge in [0.15, 0.2) is 6.61 Å². The second-order valence-corrected chi connectivity index (χ2v) is 9.67. The Balaban J connectivity index is 2.55. The number of carbonyl (C=O) groups is 2. The lowest BCUT2D eigenvalue weighted by molar-refractivity contribution is -0.143. The summed E-state index contributed by atoms with van der Waals surface area (Å²) in [7, 11) is 3.04. The summed E-state index contributed by atoms with van der Waals surface area (Å²) >= 11 is 0. The lowest BCUT2D eigenvalue weighted by Gasteiger charge is -2.20. The van der Waals surface area contributed by atoms with E-state index in [1.54, 1.807) is 16.9 Å². The minimum Gasteiger partial charge on any atom is -0.449 e. The van der Waals surface area contributed by atoms with Gasteiger partial charge in [-0.3, -0.25) is 0 Å². The summed E-state index contributed by atoms with van der Waals surface area (Å²) in [4.78, 5) is 24.0. The van der Waals surface area contributed by atoms with E-state index in [-0.39, 0.29) is 18.0 Å². The third-order valence-corrected chi connectivity index (χ3v) is 6.24. The first kappa shape index (κ1) is 22.2. The molecular weight excluding hydrogens is 372 g/mol. The zero-order chi connectivity index (χ0) is 19.6. The molecule has 1 aromatic carbocycles. The summed E-state index contributed by atoms with van der Waals surface area (Å²) < 4.78 is 9.99. The second kappa shape index (κ2) is 11.0. The van der Waals surface area contributed by atoms with Gasteiger partial charge in [0.1, 0.15) is 18.7 Å². The van der Waals surface area contributed by atoms with Crippen LogP contribution in [0.3, 0.4) is 0 Å². The standard InChI is InChI=1S/C18H24N2O4S2/c1-13-5-7-14(8-6-13)11-24-17(22)20-15(16(21)23-10-9-19)12-25-26-18(2,3)4/h5-8,15H,10-12H2,1-4H3,(H,20,22)/t15-/m1/s1. The Morgan fingerprint density at radius 1 is 1.23 bits per heavy atom. The Bertz CT molecular complexity index is 636. The average molecular weight is 397 g/mol. The highest BCUT2D eigenvalue weighted by Gasteiger charge is 2.24. The number of hydrogen-bond acceptors (Lipinski definition) is 7.